The zero-order chi connectivity index (χ0) is 17.1. The van der Waals surface area contributed by atoms with Crippen LogP contribution in [0.4, 0.5) is 0 Å². The standard InChI is InChI=1S/C20H18INO2/c1-3-24-20(23)16-13-19(15-9-5-4-6-10-15)22(14(16)2)18-12-8-7-11-17(18)21/h4-13H,3H2,1-2H3. The summed E-state index contributed by atoms with van der Waals surface area (Å²) < 4.78 is 8.48. The summed E-state index contributed by atoms with van der Waals surface area (Å²) in [5.74, 6) is -0.281. The molecular formula is C20H18INO2. The minimum atomic E-state index is -0.281. The molecule has 0 aliphatic heterocycles. The van der Waals surface area contributed by atoms with Gasteiger partial charge >= 0.3 is 5.97 Å². The number of rotatable bonds is 4. The highest BCUT2D eigenvalue weighted by molar-refractivity contribution is 14.1. The normalized spacial score (nSPS) is 10.6. The molecule has 0 atom stereocenters. The van der Waals surface area contributed by atoms with Gasteiger partial charge in [0.25, 0.3) is 0 Å². The zero-order valence-electron chi connectivity index (χ0n) is 13.6. The van der Waals surface area contributed by atoms with Crippen molar-refractivity contribution in [3.05, 3.63) is 75.5 Å². The maximum Gasteiger partial charge on any atom is 0.339 e. The van der Waals surface area contributed by atoms with Gasteiger partial charge in [-0.05, 0) is 60.2 Å². The Bertz CT molecular complexity index is 869. The van der Waals surface area contributed by atoms with Crippen LogP contribution in [0.25, 0.3) is 16.9 Å². The van der Waals surface area contributed by atoms with Gasteiger partial charge in [0.2, 0.25) is 0 Å². The average molecular weight is 431 g/mol. The molecule has 4 heteroatoms. The Hall–Kier alpha value is -2.08. The third-order valence-electron chi connectivity index (χ3n) is 3.91. The Kier molecular flexibility index (Phi) is 5.04. The lowest BCUT2D eigenvalue weighted by molar-refractivity contribution is 0.0525. The second kappa shape index (κ2) is 7.21. The van der Waals surface area contributed by atoms with E-state index in [1.54, 1.807) is 0 Å². The molecule has 3 aromatic rings. The first kappa shape index (κ1) is 16.8. The molecule has 0 radical (unpaired) electrons. The zero-order valence-corrected chi connectivity index (χ0v) is 15.8. The van der Waals surface area contributed by atoms with E-state index in [2.05, 4.69) is 51.4 Å². The number of ether oxygens (including phenoxy) is 1. The molecule has 0 saturated carbocycles. The molecule has 3 nitrogen and oxygen atoms in total. The van der Waals surface area contributed by atoms with Gasteiger partial charge in [0, 0.05) is 9.26 Å². The maximum atomic E-state index is 12.3. The minimum Gasteiger partial charge on any atom is -0.462 e. The Morgan fingerprint density at radius 1 is 1.08 bits per heavy atom. The quantitative estimate of drug-likeness (QED) is 0.418. The molecule has 0 fully saturated rings. The first-order valence-electron chi connectivity index (χ1n) is 7.83. The van der Waals surface area contributed by atoms with Crippen LogP contribution in [0.1, 0.15) is 23.0 Å². The summed E-state index contributed by atoms with van der Waals surface area (Å²) >= 11 is 2.32. The fraction of sp³-hybridized carbons (Fsp3) is 0.150. The van der Waals surface area contributed by atoms with Crippen LogP contribution < -0.4 is 0 Å². The van der Waals surface area contributed by atoms with Crippen molar-refractivity contribution in [2.24, 2.45) is 0 Å². The van der Waals surface area contributed by atoms with Gasteiger partial charge in [-0.2, -0.15) is 0 Å². The van der Waals surface area contributed by atoms with Crippen molar-refractivity contribution in [1.29, 1.82) is 0 Å². The highest BCUT2D eigenvalue weighted by atomic mass is 127. The fourth-order valence-electron chi connectivity index (χ4n) is 2.79. The molecule has 0 bridgehead atoms. The number of halogens is 1. The summed E-state index contributed by atoms with van der Waals surface area (Å²) in [7, 11) is 0. The van der Waals surface area contributed by atoms with Crippen LogP contribution in [0.2, 0.25) is 0 Å². The molecule has 0 amide bonds. The molecule has 0 aliphatic rings. The lowest BCUT2D eigenvalue weighted by Crippen LogP contribution is -2.07. The van der Waals surface area contributed by atoms with Gasteiger partial charge in [-0.3, -0.25) is 0 Å². The summed E-state index contributed by atoms with van der Waals surface area (Å²) in [6, 6.07) is 20.2. The van der Waals surface area contributed by atoms with Crippen LogP contribution in [-0.4, -0.2) is 17.1 Å². The van der Waals surface area contributed by atoms with Crippen molar-refractivity contribution in [3.8, 4) is 16.9 Å². The van der Waals surface area contributed by atoms with Crippen LogP contribution in [0.3, 0.4) is 0 Å². The van der Waals surface area contributed by atoms with E-state index in [-0.39, 0.29) is 5.97 Å². The monoisotopic (exact) mass is 431 g/mol. The molecule has 0 unspecified atom stereocenters. The van der Waals surface area contributed by atoms with Crippen LogP contribution in [0.15, 0.2) is 60.7 Å². The molecular weight excluding hydrogens is 413 g/mol. The van der Waals surface area contributed by atoms with Gasteiger partial charge in [-0.25, -0.2) is 4.79 Å². The summed E-state index contributed by atoms with van der Waals surface area (Å²) in [5.41, 5.74) is 4.60. The Labute approximate surface area is 155 Å². The molecule has 24 heavy (non-hydrogen) atoms. The highest BCUT2D eigenvalue weighted by Gasteiger charge is 2.21. The Balaban J connectivity index is 2.26. The summed E-state index contributed by atoms with van der Waals surface area (Å²) in [5, 5.41) is 0. The number of aromatic nitrogens is 1. The maximum absolute atomic E-state index is 12.3. The van der Waals surface area contributed by atoms with E-state index in [4.69, 9.17) is 4.74 Å². The molecule has 2 aromatic carbocycles. The van der Waals surface area contributed by atoms with Gasteiger partial charge in [-0.1, -0.05) is 42.5 Å². The van der Waals surface area contributed by atoms with Crippen LogP contribution in [0.5, 0.6) is 0 Å². The van der Waals surface area contributed by atoms with E-state index in [0.717, 1.165) is 26.2 Å². The summed E-state index contributed by atoms with van der Waals surface area (Å²) in [6.07, 6.45) is 0. The van der Waals surface area contributed by atoms with Crippen molar-refractivity contribution in [1.82, 2.24) is 4.57 Å². The first-order chi connectivity index (χ1) is 11.6. The average Bonchev–Trinajstić information content (AvgIpc) is 2.94. The molecule has 0 saturated heterocycles. The van der Waals surface area contributed by atoms with Crippen molar-refractivity contribution >= 4 is 28.6 Å². The number of benzene rings is 2. The van der Waals surface area contributed by atoms with Gasteiger partial charge < -0.3 is 9.30 Å². The predicted octanol–water partition coefficient (Wildman–Crippen LogP) is 5.23. The van der Waals surface area contributed by atoms with E-state index in [0.29, 0.717) is 12.2 Å². The summed E-state index contributed by atoms with van der Waals surface area (Å²) in [4.78, 5) is 12.3. The second-order valence-electron chi connectivity index (χ2n) is 5.40. The number of nitrogens with zero attached hydrogens (tertiary/aromatic N) is 1. The predicted molar refractivity (Wildman–Crippen MR) is 105 cm³/mol. The van der Waals surface area contributed by atoms with Crippen molar-refractivity contribution < 1.29 is 9.53 Å². The van der Waals surface area contributed by atoms with Gasteiger partial charge in [0.15, 0.2) is 0 Å². The van der Waals surface area contributed by atoms with E-state index in [1.807, 2.05) is 50.2 Å². The molecule has 0 N–H and O–H groups in total. The molecule has 0 spiro atoms. The Morgan fingerprint density at radius 3 is 2.42 bits per heavy atom. The Morgan fingerprint density at radius 2 is 1.75 bits per heavy atom. The van der Waals surface area contributed by atoms with Crippen LogP contribution in [0, 0.1) is 10.5 Å². The van der Waals surface area contributed by atoms with Crippen molar-refractivity contribution in [2.75, 3.05) is 6.61 Å². The second-order valence-corrected chi connectivity index (χ2v) is 6.56. The van der Waals surface area contributed by atoms with Gasteiger partial charge in [0.1, 0.15) is 0 Å². The minimum absolute atomic E-state index is 0.281. The molecule has 1 aromatic heterocycles. The molecule has 122 valence electrons. The van der Waals surface area contributed by atoms with E-state index >= 15 is 0 Å². The van der Waals surface area contributed by atoms with Crippen LogP contribution >= 0.6 is 22.6 Å². The SMILES string of the molecule is CCOC(=O)c1cc(-c2ccccc2)n(-c2ccccc2I)c1C. The topological polar surface area (TPSA) is 31.2 Å². The lowest BCUT2D eigenvalue weighted by Gasteiger charge is -2.14. The van der Waals surface area contributed by atoms with E-state index < -0.39 is 0 Å². The number of para-hydroxylation sites is 1. The number of carbonyl (C=O) groups excluding carboxylic acids is 1. The third-order valence-corrected chi connectivity index (χ3v) is 4.82. The smallest absolute Gasteiger partial charge is 0.339 e. The first-order valence-corrected chi connectivity index (χ1v) is 8.91. The van der Waals surface area contributed by atoms with E-state index in [1.165, 1.54) is 0 Å². The number of hydrogen-bond acceptors (Lipinski definition) is 2. The van der Waals surface area contributed by atoms with Crippen molar-refractivity contribution in [3.63, 3.8) is 0 Å². The number of esters is 1. The molecule has 0 aliphatic carbocycles. The molecule has 3 rings (SSSR count). The summed E-state index contributed by atoms with van der Waals surface area (Å²) in [6.45, 7) is 4.15. The van der Waals surface area contributed by atoms with Crippen LogP contribution in [-0.2, 0) is 4.74 Å². The van der Waals surface area contributed by atoms with Crippen molar-refractivity contribution in [2.45, 2.75) is 13.8 Å². The van der Waals surface area contributed by atoms with Gasteiger partial charge in [-0.15, -0.1) is 0 Å². The lowest BCUT2D eigenvalue weighted by atomic mass is 10.1. The molecule has 1 heterocycles. The largest absolute Gasteiger partial charge is 0.462 e. The van der Waals surface area contributed by atoms with E-state index in [9.17, 15) is 4.79 Å². The third kappa shape index (κ3) is 3.11. The fourth-order valence-corrected chi connectivity index (χ4v) is 3.42. The van der Waals surface area contributed by atoms with Gasteiger partial charge in [0.05, 0.1) is 23.6 Å². The number of carbonyl (C=O) groups is 1. The highest BCUT2D eigenvalue weighted by Crippen LogP contribution is 2.31. The number of hydrogen-bond donors (Lipinski definition) is 0.